The van der Waals surface area contributed by atoms with Crippen LogP contribution in [0.15, 0.2) is 12.4 Å². The maximum absolute atomic E-state index is 11.3. The topological polar surface area (TPSA) is 55.3 Å². The molecule has 0 aromatic carbocycles. The van der Waals surface area contributed by atoms with Gasteiger partial charge in [0.25, 0.3) is 0 Å². The molecule has 0 aliphatic rings. The molecule has 0 aliphatic carbocycles. The lowest BCUT2D eigenvalue weighted by molar-refractivity contribution is -0.142. The fraction of sp³-hybridized carbons (Fsp3) is 0.615. The summed E-state index contributed by atoms with van der Waals surface area (Å²) in [5.41, 5.74) is 1.00. The molecule has 0 saturated heterocycles. The van der Waals surface area contributed by atoms with Gasteiger partial charge in [0.05, 0.1) is 13.0 Å². The van der Waals surface area contributed by atoms with Crippen molar-refractivity contribution in [2.45, 2.75) is 33.1 Å². The number of aromatic nitrogens is 2. The summed E-state index contributed by atoms with van der Waals surface area (Å²) in [7, 11) is 1.91. The molecule has 1 aromatic rings. The molecule has 1 heterocycles. The number of esters is 1. The minimum atomic E-state index is -0.178. The van der Waals surface area contributed by atoms with Crippen LogP contribution in [-0.4, -0.2) is 36.1 Å². The van der Waals surface area contributed by atoms with Crippen LogP contribution in [0.25, 0.3) is 0 Å². The Morgan fingerprint density at radius 2 is 2.17 bits per heavy atom. The molecule has 18 heavy (non-hydrogen) atoms. The number of carbonyl (C=O) groups is 1. The summed E-state index contributed by atoms with van der Waals surface area (Å²) < 4.78 is 4.89. The quantitative estimate of drug-likeness (QED) is 0.724. The summed E-state index contributed by atoms with van der Waals surface area (Å²) in [5.74, 6) is 1.02. The molecule has 5 heteroatoms. The number of nitrogens with zero attached hydrogens (tertiary/aromatic N) is 3. The fourth-order valence-corrected chi connectivity index (χ4v) is 1.49. The minimum Gasteiger partial charge on any atom is -0.466 e. The Balaban J connectivity index is 2.58. The molecule has 1 aromatic heterocycles. The Kier molecular flexibility index (Phi) is 5.55. The Bertz CT molecular complexity index is 394. The first kappa shape index (κ1) is 14.4. The van der Waals surface area contributed by atoms with Gasteiger partial charge in [-0.2, -0.15) is 0 Å². The van der Waals surface area contributed by atoms with Crippen LogP contribution in [0.2, 0.25) is 0 Å². The van der Waals surface area contributed by atoms with Crippen LogP contribution < -0.4 is 4.90 Å². The SMILES string of the molecule is CCOC(=O)CCN(C)c1cc(C(C)C)ncn1. The number of hydrogen-bond acceptors (Lipinski definition) is 5. The number of carbonyl (C=O) groups excluding carboxylic acids is 1. The third kappa shape index (κ3) is 4.31. The zero-order valence-electron chi connectivity index (χ0n) is 11.5. The third-order valence-corrected chi connectivity index (χ3v) is 2.61. The zero-order valence-corrected chi connectivity index (χ0v) is 11.5. The van der Waals surface area contributed by atoms with E-state index < -0.39 is 0 Å². The van der Waals surface area contributed by atoms with E-state index in [0.717, 1.165) is 11.5 Å². The molecule has 0 unspecified atom stereocenters. The van der Waals surface area contributed by atoms with Crippen LogP contribution in [0, 0.1) is 0 Å². The van der Waals surface area contributed by atoms with E-state index in [-0.39, 0.29) is 5.97 Å². The number of hydrogen-bond donors (Lipinski definition) is 0. The van der Waals surface area contributed by atoms with Gasteiger partial charge in [0.15, 0.2) is 0 Å². The summed E-state index contributed by atoms with van der Waals surface area (Å²) >= 11 is 0. The second-order valence-electron chi connectivity index (χ2n) is 4.43. The standard InChI is InChI=1S/C13H21N3O2/c1-5-18-13(17)6-7-16(4)12-8-11(10(2)3)14-9-15-12/h8-10H,5-7H2,1-4H3. The highest BCUT2D eigenvalue weighted by molar-refractivity contribution is 5.70. The van der Waals surface area contributed by atoms with Crippen molar-refractivity contribution in [3.63, 3.8) is 0 Å². The molecule has 0 N–H and O–H groups in total. The van der Waals surface area contributed by atoms with Gasteiger partial charge in [-0.3, -0.25) is 4.79 Å². The Hall–Kier alpha value is -1.65. The first-order chi connectivity index (χ1) is 8.54. The van der Waals surface area contributed by atoms with Gasteiger partial charge in [0.2, 0.25) is 0 Å². The predicted octanol–water partition coefficient (Wildman–Crippen LogP) is 1.99. The van der Waals surface area contributed by atoms with E-state index in [2.05, 4.69) is 23.8 Å². The van der Waals surface area contributed by atoms with Crippen molar-refractivity contribution in [2.24, 2.45) is 0 Å². The van der Waals surface area contributed by atoms with E-state index in [1.807, 2.05) is 18.0 Å². The average Bonchev–Trinajstić information content (AvgIpc) is 2.36. The molecule has 0 fully saturated rings. The summed E-state index contributed by atoms with van der Waals surface area (Å²) in [6.45, 7) is 7.00. The maximum atomic E-state index is 11.3. The van der Waals surface area contributed by atoms with E-state index in [9.17, 15) is 4.79 Å². The number of anilines is 1. The highest BCUT2D eigenvalue weighted by Gasteiger charge is 2.09. The lowest BCUT2D eigenvalue weighted by atomic mass is 10.1. The van der Waals surface area contributed by atoms with Gasteiger partial charge in [-0.25, -0.2) is 9.97 Å². The average molecular weight is 251 g/mol. The molecular formula is C13H21N3O2. The van der Waals surface area contributed by atoms with Crippen LogP contribution in [0.5, 0.6) is 0 Å². The molecule has 0 aliphatic heterocycles. The normalized spacial score (nSPS) is 10.5. The summed E-state index contributed by atoms with van der Waals surface area (Å²) in [5, 5.41) is 0. The molecule has 0 bridgehead atoms. The van der Waals surface area contributed by atoms with E-state index in [4.69, 9.17) is 4.74 Å². The van der Waals surface area contributed by atoms with Gasteiger partial charge in [0.1, 0.15) is 12.1 Å². The zero-order chi connectivity index (χ0) is 13.5. The third-order valence-electron chi connectivity index (χ3n) is 2.61. The monoisotopic (exact) mass is 251 g/mol. The van der Waals surface area contributed by atoms with Gasteiger partial charge in [-0.15, -0.1) is 0 Å². The predicted molar refractivity (Wildman–Crippen MR) is 70.6 cm³/mol. The van der Waals surface area contributed by atoms with Gasteiger partial charge in [-0.05, 0) is 12.8 Å². The first-order valence-electron chi connectivity index (χ1n) is 6.23. The Morgan fingerprint density at radius 1 is 1.44 bits per heavy atom. The second-order valence-corrected chi connectivity index (χ2v) is 4.43. The molecular weight excluding hydrogens is 230 g/mol. The smallest absolute Gasteiger partial charge is 0.307 e. The van der Waals surface area contributed by atoms with Crippen molar-refractivity contribution in [3.05, 3.63) is 18.1 Å². The van der Waals surface area contributed by atoms with E-state index >= 15 is 0 Å². The van der Waals surface area contributed by atoms with Crippen LogP contribution in [0.1, 0.15) is 38.8 Å². The Morgan fingerprint density at radius 3 is 2.78 bits per heavy atom. The van der Waals surface area contributed by atoms with Crippen molar-refractivity contribution in [3.8, 4) is 0 Å². The van der Waals surface area contributed by atoms with E-state index in [1.54, 1.807) is 13.3 Å². The summed E-state index contributed by atoms with van der Waals surface area (Å²) in [6, 6.07) is 1.95. The first-order valence-corrected chi connectivity index (χ1v) is 6.23. The van der Waals surface area contributed by atoms with Crippen molar-refractivity contribution in [1.29, 1.82) is 0 Å². The number of rotatable bonds is 6. The molecule has 100 valence electrons. The van der Waals surface area contributed by atoms with Crippen molar-refractivity contribution in [2.75, 3.05) is 25.1 Å². The highest BCUT2D eigenvalue weighted by atomic mass is 16.5. The maximum Gasteiger partial charge on any atom is 0.307 e. The summed E-state index contributed by atoms with van der Waals surface area (Å²) in [6.07, 6.45) is 1.93. The lowest BCUT2D eigenvalue weighted by Gasteiger charge is -2.18. The molecule has 0 radical (unpaired) electrons. The van der Waals surface area contributed by atoms with Crippen molar-refractivity contribution < 1.29 is 9.53 Å². The molecule has 0 atom stereocenters. The van der Waals surface area contributed by atoms with Crippen LogP contribution in [0.3, 0.4) is 0 Å². The fourth-order valence-electron chi connectivity index (χ4n) is 1.49. The second kappa shape index (κ2) is 6.93. The highest BCUT2D eigenvalue weighted by Crippen LogP contribution is 2.16. The van der Waals surface area contributed by atoms with Gasteiger partial charge in [-0.1, -0.05) is 13.8 Å². The molecule has 0 spiro atoms. The number of ether oxygens (including phenoxy) is 1. The van der Waals surface area contributed by atoms with Crippen LogP contribution >= 0.6 is 0 Å². The molecule has 5 nitrogen and oxygen atoms in total. The van der Waals surface area contributed by atoms with Gasteiger partial charge in [0, 0.05) is 25.4 Å². The summed E-state index contributed by atoms with van der Waals surface area (Å²) in [4.78, 5) is 21.6. The van der Waals surface area contributed by atoms with Crippen molar-refractivity contribution in [1.82, 2.24) is 9.97 Å². The van der Waals surface area contributed by atoms with Gasteiger partial charge < -0.3 is 9.64 Å². The minimum absolute atomic E-state index is 0.178. The van der Waals surface area contributed by atoms with Crippen LogP contribution in [-0.2, 0) is 9.53 Å². The lowest BCUT2D eigenvalue weighted by Crippen LogP contribution is -2.23. The van der Waals surface area contributed by atoms with E-state index in [1.165, 1.54) is 0 Å². The largest absolute Gasteiger partial charge is 0.466 e. The molecule has 0 saturated carbocycles. The Labute approximate surface area is 108 Å². The van der Waals surface area contributed by atoms with Crippen LogP contribution in [0.4, 0.5) is 5.82 Å². The van der Waals surface area contributed by atoms with Gasteiger partial charge >= 0.3 is 5.97 Å². The molecule has 0 amide bonds. The molecule has 1 rings (SSSR count). The van der Waals surface area contributed by atoms with Crippen molar-refractivity contribution >= 4 is 11.8 Å². The van der Waals surface area contributed by atoms with E-state index in [0.29, 0.717) is 25.5 Å².